The lowest BCUT2D eigenvalue weighted by Gasteiger charge is -2.36. The van der Waals surface area contributed by atoms with Gasteiger partial charge in [0.2, 0.25) is 6.41 Å². The van der Waals surface area contributed by atoms with Gasteiger partial charge >= 0.3 is 0 Å². The maximum atomic E-state index is 12.6. The van der Waals surface area contributed by atoms with Crippen LogP contribution >= 0.6 is 0 Å². The molecule has 14 heavy (non-hydrogen) atoms. The highest BCUT2D eigenvalue weighted by atomic mass is 19.1. The molecule has 0 atom stereocenters. The third-order valence-corrected chi connectivity index (χ3v) is 2.27. The van der Waals surface area contributed by atoms with E-state index in [1.807, 2.05) is 23.1 Å². The van der Waals surface area contributed by atoms with Crippen LogP contribution in [0.15, 0.2) is 24.3 Å². The molecule has 1 saturated heterocycles. The van der Waals surface area contributed by atoms with E-state index in [2.05, 4.69) is 5.32 Å². The summed E-state index contributed by atoms with van der Waals surface area (Å²) in [7, 11) is 0. The zero-order valence-electron chi connectivity index (χ0n) is 7.61. The Hall–Kier alpha value is -1.58. The van der Waals surface area contributed by atoms with Crippen LogP contribution in [0, 0.1) is 0 Å². The number of hydrogen-bond acceptors (Lipinski definition) is 2. The van der Waals surface area contributed by atoms with E-state index < -0.39 is 6.17 Å². The van der Waals surface area contributed by atoms with Crippen LogP contribution in [0.1, 0.15) is 0 Å². The van der Waals surface area contributed by atoms with E-state index in [1.54, 1.807) is 6.07 Å². The number of benzene rings is 1. The molecule has 1 N–H and O–H groups in total. The van der Waals surface area contributed by atoms with Gasteiger partial charge < -0.3 is 10.2 Å². The zero-order chi connectivity index (χ0) is 9.97. The number of nitrogens with one attached hydrogen (secondary N) is 1. The maximum Gasteiger partial charge on any atom is 0.211 e. The van der Waals surface area contributed by atoms with E-state index in [0.717, 1.165) is 11.4 Å². The third kappa shape index (κ3) is 1.69. The summed E-state index contributed by atoms with van der Waals surface area (Å²) in [5, 5.41) is 2.56. The SMILES string of the molecule is O=CNc1cccc(N2CC(F)C2)c1. The molecule has 74 valence electrons. The number of carbonyl (C=O) groups excluding carboxylic acids is 1. The van der Waals surface area contributed by atoms with Crippen molar-refractivity contribution >= 4 is 17.8 Å². The van der Waals surface area contributed by atoms with E-state index in [-0.39, 0.29) is 0 Å². The first-order valence-corrected chi connectivity index (χ1v) is 4.49. The largest absolute Gasteiger partial charge is 0.365 e. The smallest absolute Gasteiger partial charge is 0.211 e. The Balaban J connectivity index is 2.10. The van der Waals surface area contributed by atoms with Crippen LogP contribution in [0.5, 0.6) is 0 Å². The molecule has 1 aromatic rings. The lowest BCUT2D eigenvalue weighted by molar-refractivity contribution is -0.105. The fourth-order valence-electron chi connectivity index (χ4n) is 1.50. The number of alkyl halides is 1. The first-order valence-electron chi connectivity index (χ1n) is 4.49. The average Bonchev–Trinajstić information content (AvgIpc) is 2.14. The molecule has 4 heteroatoms. The highest BCUT2D eigenvalue weighted by molar-refractivity contribution is 5.73. The standard InChI is InChI=1S/C10H11FN2O/c11-8-5-13(6-8)10-3-1-2-9(4-10)12-7-14/h1-4,7-8H,5-6H2,(H,12,14). The Morgan fingerprint density at radius 3 is 2.93 bits per heavy atom. The summed E-state index contributed by atoms with van der Waals surface area (Å²) in [4.78, 5) is 12.1. The lowest BCUT2D eigenvalue weighted by Crippen LogP contribution is -2.48. The zero-order valence-corrected chi connectivity index (χ0v) is 7.61. The Morgan fingerprint density at radius 2 is 2.29 bits per heavy atom. The van der Waals surface area contributed by atoms with Crippen molar-refractivity contribution in [1.82, 2.24) is 0 Å². The quantitative estimate of drug-likeness (QED) is 0.738. The molecule has 0 spiro atoms. The molecule has 0 aromatic heterocycles. The van der Waals surface area contributed by atoms with E-state index in [1.165, 1.54) is 0 Å². The molecule has 0 radical (unpaired) electrons. The van der Waals surface area contributed by atoms with E-state index >= 15 is 0 Å². The van der Waals surface area contributed by atoms with Gasteiger partial charge in [-0.3, -0.25) is 4.79 Å². The summed E-state index contributed by atoms with van der Waals surface area (Å²) in [6, 6.07) is 7.37. The molecule has 1 heterocycles. The Kier molecular flexibility index (Phi) is 2.35. The van der Waals surface area contributed by atoms with Crippen molar-refractivity contribution in [2.24, 2.45) is 0 Å². The van der Waals surface area contributed by atoms with Gasteiger partial charge in [0.05, 0.1) is 13.1 Å². The van der Waals surface area contributed by atoms with Crippen LogP contribution in [0.2, 0.25) is 0 Å². The van der Waals surface area contributed by atoms with Gasteiger partial charge in [-0.1, -0.05) is 6.07 Å². The van der Waals surface area contributed by atoms with Gasteiger partial charge in [0.25, 0.3) is 0 Å². The predicted molar refractivity (Wildman–Crippen MR) is 53.2 cm³/mol. The van der Waals surface area contributed by atoms with Gasteiger partial charge in [0.1, 0.15) is 6.17 Å². The van der Waals surface area contributed by atoms with Crippen molar-refractivity contribution in [3.63, 3.8) is 0 Å². The van der Waals surface area contributed by atoms with E-state index in [0.29, 0.717) is 19.5 Å². The number of halogens is 1. The second kappa shape index (κ2) is 3.65. The Labute approximate surface area is 81.5 Å². The molecule has 3 nitrogen and oxygen atoms in total. The molecule has 0 saturated carbocycles. The summed E-state index contributed by atoms with van der Waals surface area (Å²) in [5.41, 5.74) is 1.69. The first-order chi connectivity index (χ1) is 6.79. The van der Waals surface area contributed by atoms with Crippen LogP contribution in [0.25, 0.3) is 0 Å². The number of rotatable bonds is 3. The molecule has 0 unspecified atom stereocenters. The first kappa shape index (κ1) is 8.99. The second-order valence-corrected chi connectivity index (χ2v) is 3.31. The van der Waals surface area contributed by atoms with E-state index in [4.69, 9.17) is 0 Å². The minimum Gasteiger partial charge on any atom is -0.365 e. The van der Waals surface area contributed by atoms with Crippen molar-refractivity contribution in [2.75, 3.05) is 23.3 Å². The summed E-state index contributed by atoms with van der Waals surface area (Å²) >= 11 is 0. The van der Waals surface area contributed by atoms with Gasteiger partial charge in [-0.15, -0.1) is 0 Å². The summed E-state index contributed by atoms with van der Waals surface area (Å²) in [6.45, 7) is 0.898. The van der Waals surface area contributed by atoms with Gasteiger partial charge in [-0.2, -0.15) is 0 Å². The van der Waals surface area contributed by atoms with Gasteiger partial charge in [0, 0.05) is 11.4 Å². The maximum absolute atomic E-state index is 12.6. The summed E-state index contributed by atoms with van der Waals surface area (Å²) in [5.74, 6) is 0. The monoisotopic (exact) mass is 194 g/mol. The molecular formula is C10H11FN2O. The van der Waals surface area contributed by atoms with E-state index in [9.17, 15) is 9.18 Å². The molecule has 1 fully saturated rings. The number of hydrogen-bond donors (Lipinski definition) is 1. The van der Waals surface area contributed by atoms with Crippen molar-refractivity contribution in [2.45, 2.75) is 6.17 Å². The lowest BCUT2D eigenvalue weighted by atomic mass is 10.1. The molecule has 0 aliphatic carbocycles. The predicted octanol–water partition coefficient (Wildman–Crippen LogP) is 1.41. The Morgan fingerprint density at radius 1 is 1.50 bits per heavy atom. The topological polar surface area (TPSA) is 32.3 Å². The molecule has 2 rings (SSSR count). The molecule has 0 bridgehead atoms. The van der Waals surface area contributed by atoms with Gasteiger partial charge in [0.15, 0.2) is 0 Å². The Bertz CT molecular complexity index is 337. The number of carbonyl (C=O) groups is 1. The fourth-order valence-corrected chi connectivity index (χ4v) is 1.50. The average molecular weight is 194 g/mol. The van der Waals surface area contributed by atoms with Crippen LogP contribution in [0.3, 0.4) is 0 Å². The minimum absolute atomic E-state index is 0.449. The molecule has 1 aliphatic heterocycles. The number of anilines is 2. The summed E-state index contributed by atoms with van der Waals surface area (Å²) in [6.07, 6.45) is -0.0784. The molecule has 1 amide bonds. The minimum atomic E-state index is -0.710. The van der Waals surface area contributed by atoms with Crippen LogP contribution in [-0.4, -0.2) is 25.7 Å². The van der Waals surface area contributed by atoms with Crippen LogP contribution in [-0.2, 0) is 4.79 Å². The number of amides is 1. The van der Waals surface area contributed by atoms with Crippen molar-refractivity contribution in [3.8, 4) is 0 Å². The molecule has 1 aliphatic rings. The highest BCUT2D eigenvalue weighted by Crippen LogP contribution is 2.24. The van der Waals surface area contributed by atoms with Crippen LogP contribution < -0.4 is 10.2 Å². The third-order valence-electron chi connectivity index (χ3n) is 2.27. The number of nitrogens with zero attached hydrogens (tertiary/aromatic N) is 1. The summed E-state index contributed by atoms with van der Waals surface area (Å²) < 4.78 is 12.6. The van der Waals surface area contributed by atoms with Crippen LogP contribution in [0.4, 0.5) is 15.8 Å². The molecule has 1 aromatic carbocycles. The van der Waals surface area contributed by atoms with Gasteiger partial charge in [-0.25, -0.2) is 4.39 Å². The fraction of sp³-hybridized carbons (Fsp3) is 0.300. The normalized spacial score (nSPS) is 16.2. The van der Waals surface area contributed by atoms with Crippen molar-refractivity contribution in [3.05, 3.63) is 24.3 Å². The molecular weight excluding hydrogens is 183 g/mol. The van der Waals surface area contributed by atoms with Crippen molar-refractivity contribution in [1.29, 1.82) is 0 Å². The second-order valence-electron chi connectivity index (χ2n) is 3.31. The van der Waals surface area contributed by atoms with Gasteiger partial charge in [-0.05, 0) is 18.2 Å². The highest BCUT2D eigenvalue weighted by Gasteiger charge is 2.26. The van der Waals surface area contributed by atoms with Crippen molar-refractivity contribution < 1.29 is 9.18 Å².